The summed E-state index contributed by atoms with van der Waals surface area (Å²) in [5, 5.41) is 7.70. The Labute approximate surface area is 98.0 Å². The summed E-state index contributed by atoms with van der Waals surface area (Å²) in [6.07, 6.45) is 7.46. The van der Waals surface area contributed by atoms with Crippen LogP contribution in [0, 0.1) is 0 Å². The van der Waals surface area contributed by atoms with Crippen LogP contribution in [0.15, 0.2) is 12.4 Å². The summed E-state index contributed by atoms with van der Waals surface area (Å²) < 4.78 is 7.02. The van der Waals surface area contributed by atoms with Crippen LogP contribution in [0.1, 0.15) is 31.7 Å². The predicted molar refractivity (Wildman–Crippen MR) is 65.3 cm³/mol. The van der Waals surface area contributed by atoms with Gasteiger partial charge in [0, 0.05) is 38.6 Å². The molecule has 0 bridgehead atoms. The maximum Gasteiger partial charge on any atom is 0.0534 e. The van der Waals surface area contributed by atoms with Gasteiger partial charge in [-0.3, -0.25) is 4.68 Å². The molecule has 0 saturated carbocycles. The number of ether oxygens (including phenoxy) is 1. The second-order valence-electron chi connectivity index (χ2n) is 3.99. The Morgan fingerprint density at radius 1 is 1.44 bits per heavy atom. The maximum atomic E-state index is 5.01. The molecule has 0 aliphatic heterocycles. The Hall–Kier alpha value is -0.870. The monoisotopic (exact) mass is 225 g/mol. The summed E-state index contributed by atoms with van der Waals surface area (Å²) in [6.45, 7) is 5.99. The van der Waals surface area contributed by atoms with Gasteiger partial charge in [-0.1, -0.05) is 6.92 Å². The fourth-order valence-electron chi connectivity index (χ4n) is 1.55. The Morgan fingerprint density at radius 2 is 2.31 bits per heavy atom. The zero-order valence-corrected chi connectivity index (χ0v) is 10.4. The van der Waals surface area contributed by atoms with Crippen LogP contribution in [0.25, 0.3) is 0 Å². The molecule has 0 fully saturated rings. The molecule has 92 valence electrons. The Balaban J connectivity index is 2.17. The fraction of sp³-hybridized carbons (Fsp3) is 0.750. The smallest absolute Gasteiger partial charge is 0.0534 e. The summed E-state index contributed by atoms with van der Waals surface area (Å²) in [7, 11) is 1.74. The average Bonchev–Trinajstić information content (AvgIpc) is 2.73. The molecular weight excluding hydrogens is 202 g/mol. The molecule has 0 aliphatic rings. The van der Waals surface area contributed by atoms with Crippen LogP contribution in [0.2, 0.25) is 0 Å². The largest absolute Gasteiger partial charge is 0.385 e. The molecule has 1 aromatic heterocycles. The summed E-state index contributed by atoms with van der Waals surface area (Å²) in [5.41, 5.74) is 1.26. The molecular formula is C12H23N3O. The SMILES string of the molecule is CCCNCc1cnn(CCCCOC)c1. The standard InChI is InChI=1S/C12H23N3O/c1-3-6-13-9-12-10-14-15(11-12)7-4-5-8-16-2/h10-11,13H,3-9H2,1-2H3. The lowest BCUT2D eigenvalue weighted by Gasteiger charge is -2.01. The number of nitrogens with one attached hydrogen (secondary N) is 1. The van der Waals surface area contributed by atoms with Crippen LogP contribution in [-0.2, 0) is 17.8 Å². The van der Waals surface area contributed by atoms with Crippen molar-refractivity contribution in [1.29, 1.82) is 0 Å². The second kappa shape index (κ2) is 8.30. The topological polar surface area (TPSA) is 39.1 Å². The molecule has 1 rings (SSSR count). The molecule has 0 radical (unpaired) electrons. The molecule has 0 unspecified atom stereocenters. The molecule has 0 aromatic carbocycles. The number of rotatable bonds is 9. The van der Waals surface area contributed by atoms with Gasteiger partial charge >= 0.3 is 0 Å². The first-order chi connectivity index (χ1) is 7.86. The first kappa shape index (κ1) is 13.2. The first-order valence-electron chi connectivity index (χ1n) is 6.07. The van der Waals surface area contributed by atoms with Gasteiger partial charge in [-0.25, -0.2) is 0 Å². The molecule has 0 atom stereocenters. The number of aryl methyl sites for hydroxylation is 1. The van der Waals surface area contributed by atoms with Crippen molar-refractivity contribution in [2.45, 2.75) is 39.3 Å². The highest BCUT2D eigenvalue weighted by Gasteiger charge is 1.97. The maximum absolute atomic E-state index is 5.01. The van der Waals surface area contributed by atoms with Crippen LogP contribution in [-0.4, -0.2) is 30.0 Å². The Kier molecular flexibility index (Phi) is 6.85. The predicted octanol–water partition coefficient (Wildman–Crippen LogP) is 1.81. The zero-order chi connectivity index (χ0) is 11.6. The molecule has 4 nitrogen and oxygen atoms in total. The quantitative estimate of drug-likeness (QED) is 0.651. The summed E-state index contributed by atoms with van der Waals surface area (Å²) in [6, 6.07) is 0. The van der Waals surface area contributed by atoms with Gasteiger partial charge < -0.3 is 10.1 Å². The molecule has 0 saturated heterocycles. The lowest BCUT2D eigenvalue weighted by atomic mass is 10.3. The summed E-state index contributed by atoms with van der Waals surface area (Å²) in [4.78, 5) is 0. The average molecular weight is 225 g/mol. The number of aromatic nitrogens is 2. The van der Waals surface area contributed by atoms with Crippen LogP contribution < -0.4 is 5.32 Å². The van der Waals surface area contributed by atoms with E-state index in [2.05, 4.69) is 23.5 Å². The van der Waals surface area contributed by atoms with Crippen molar-refractivity contribution < 1.29 is 4.74 Å². The highest BCUT2D eigenvalue weighted by molar-refractivity contribution is 5.03. The van der Waals surface area contributed by atoms with Gasteiger partial charge in [-0.15, -0.1) is 0 Å². The van der Waals surface area contributed by atoms with Gasteiger partial charge in [0.05, 0.1) is 6.20 Å². The molecule has 0 aliphatic carbocycles. The number of methoxy groups -OCH3 is 1. The Bertz CT molecular complexity index is 273. The highest BCUT2D eigenvalue weighted by atomic mass is 16.5. The number of hydrogen-bond acceptors (Lipinski definition) is 3. The number of hydrogen-bond donors (Lipinski definition) is 1. The van der Waals surface area contributed by atoms with Crippen molar-refractivity contribution in [2.24, 2.45) is 0 Å². The molecule has 4 heteroatoms. The van der Waals surface area contributed by atoms with Crippen LogP contribution in [0.4, 0.5) is 0 Å². The molecule has 1 N–H and O–H groups in total. The van der Waals surface area contributed by atoms with Crippen LogP contribution >= 0.6 is 0 Å². The van der Waals surface area contributed by atoms with Gasteiger partial charge in [0.2, 0.25) is 0 Å². The van der Waals surface area contributed by atoms with E-state index in [1.54, 1.807) is 7.11 Å². The summed E-state index contributed by atoms with van der Waals surface area (Å²) in [5.74, 6) is 0. The van der Waals surface area contributed by atoms with Crippen molar-refractivity contribution in [1.82, 2.24) is 15.1 Å². The molecule has 16 heavy (non-hydrogen) atoms. The number of nitrogens with zero attached hydrogens (tertiary/aromatic N) is 2. The van der Waals surface area contributed by atoms with Gasteiger partial charge in [0.15, 0.2) is 0 Å². The van der Waals surface area contributed by atoms with Crippen LogP contribution in [0.3, 0.4) is 0 Å². The van der Waals surface area contributed by atoms with E-state index in [4.69, 9.17) is 4.74 Å². The lowest BCUT2D eigenvalue weighted by Crippen LogP contribution is -2.13. The van der Waals surface area contributed by atoms with E-state index in [0.717, 1.165) is 39.1 Å². The van der Waals surface area contributed by atoms with Crippen molar-refractivity contribution in [3.8, 4) is 0 Å². The van der Waals surface area contributed by atoms with E-state index in [1.165, 1.54) is 12.0 Å². The van der Waals surface area contributed by atoms with E-state index in [-0.39, 0.29) is 0 Å². The summed E-state index contributed by atoms with van der Waals surface area (Å²) >= 11 is 0. The second-order valence-corrected chi connectivity index (χ2v) is 3.99. The lowest BCUT2D eigenvalue weighted by molar-refractivity contribution is 0.191. The normalized spacial score (nSPS) is 10.9. The third kappa shape index (κ3) is 5.28. The van der Waals surface area contributed by atoms with Gasteiger partial charge in [-0.05, 0) is 25.8 Å². The fourth-order valence-corrected chi connectivity index (χ4v) is 1.55. The molecule has 0 spiro atoms. The first-order valence-corrected chi connectivity index (χ1v) is 6.07. The third-order valence-electron chi connectivity index (χ3n) is 2.43. The van der Waals surface area contributed by atoms with E-state index in [1.807, 2.05) is 10.9 Å². The van der Waals surface area contributed by atoms with Gasteiger partial charge in [0.25, 0.3) is 0 Å². The molecule has 0 amide bonds. The van der Waals surface area contributed by atoms with Crippen molar-refractivity contribution in [3.05, 3.63) is 18.0 Å². The highest BCUT2D eigenvalue weighted by Crippen LogP contribution is 2.00. The Morgan fingerprint density at radius 3 is 3.06 bits per heavy atom. The van der Waals surface area contributed by atoms with E-state index >= 15 is 0 Å². The third-order valence-corrected chi connectivity index (χ3v) is 2.43. The minimum absolute atomic E-state index is 0.839. The number of unbranched alkanes of at least 4 members (excludes halogenated alkanes) is 1. The van der Waals surface area contributed by atoms with E-state index < -0.39 is 0 Å². The van der Waals surface area contributed by atoms with Crippen molar-refractivity contribution >= 4 is 0 Å². The van der Waals surface area contributed by atoms with E-state index in [0.29, 0.717) is 0 Å². The molecule has 1 heterocycles. The zero-order valence-electron chi connectivity index (χ0n) is 10.4. The minimum atomic E-state index is 0.839. The molecule has 1 aromatic rings. The van der Waals surface area contributed by atoms with Crippen molar-refractivity contribution in [3.63, 3.8) is 0 Å². The van der Waals surface area contributed by atoms with E-state index in [9.17, 15) is 0 Å². The van der Waals surface area contributed by atoms with Crippen molar-refractivity contribution in [2.75, 3.05) is 20.3 Å². The van der Waals surface area contributed by atoms with Gasteiger partial charge in [-0.2, -0.15) is 5.10 Å². The van der Waals surface area contributed by atoms with Crippen LogP contribution in [0.5, 0.6) is 0 Å². The minimum Gasteiger partial charge on any atom is -0.385 e. The van der Waals surface area contributed by atoms with Gasteiger partial charge in [0.1, 0.15) is 0 Å².